The standard InChI is InChI=1S/C18H15NO2.C7H8ClN/c1-11-7-9-13(10-8-11)17-12(2)16(18(20)21)14-5-3-4-6-15(14)19-17;8-7-3-1-6(5-9)2-4-7/h3-10H,1-2H3,(H,20,21);1-4H,5,9H2. The van der Waals surface area contributed by atoms with Gasteiger partial charge in [-0.3, -0.25) is 0 Å². The number of carbonyl (C=O) groups is 1. The molecule has 0 unspecified atom stereocenters. The number of hydrogen-bond acceptors (Lipinski definition) is 3. The van der Waals surface area contributed by atoms with Crippen LogP contribution in [0, 0.1) is 13.8 Å². The summed E-state index contributed by atoms with van der Waals surface area (Å²) in [4.78, 5) is 16.3. The van der Waals surface area contributed by atoms with Crippen LogP contribution in [0.25, 0.3) is 22.2 Å². The molecule has 0 bridgehead atoms. The molecule has 3 aromatic carbocycles. The molecule has 30 heavy (non-hydrogen) atoms. The summed E-state index contributed by atoms with van der Waals surface area (Å²) in [7, 11) is 0. The maximum Gasteiger partial charge on any atom is 0.336 e. The first-order valence-corrected chi connectivity index (χ1v) is 9.92. The van der Waals surface area contributed by atoms with E-state index in [1.807, 2.05) is 80.6 Å². The van der Waals surface area contributed by atoms with E-state index >= 15 is 0 Å². The normalized spacial score (nSPS) is 10.4. The van der Waals surface area contributed by atoms with Crippen LogP contribution in [0.2, 0.25) is 5.02 Å². The molecule has 0 radical (unpaired) electrons. The summed E-state index contributed by atoms with van der Waals surface area (Å²) in [5.74, 6) is -0.917. The van der Waals surface area contributed by atoms with E-state index in [4.69, 9.17) is 17.3 Å². The molecule has 0 atom stereocenters. The monoisotopic (exact) mass is 418 g/mol. The number of carboxylic acids is 1. The van der Waals surface area contributed by atoms with Crippen molar-refractivity contribution in [3.8, 4) is 11.3 Å². The quantitative estimate of drug-likeness (QED) is 0.426. The maximum absolute atomic E-state index is 11.6. The van der Waals surface area contributed by atoms with E-state index in [-0.39, 0.29) is 0 Å². The first kappa shape index (κ1) is 21.5. The molecule has 4 nitrogen and oxygen atoms in total. The molecule has 0 aliphatic rings. The van der Waals surface area contributed by atoms with Gasteiger partial charge in [0.05, 0.1) is 16.8 Å². The van der Waals surface area contributed by atoms with E-state index in [0.29, 0.717) is 28.6 Å². The fourth-order valence-corrected chi connectivity index (χ4v) is 3.32. The zero-order chi connectivity index (χ0) is 21.7. The molecular weight excluding hydrogens is 396 g/mol. The lowest BCUT2D eigenvalue weighted by molar-refractivity contribution is 0.0698. The van der Waals surface area contributed by atoms with Gasteiger partial charge in [-0.15, -0.1) is 0 Å². The number of nitrogens with two attached hydrogens (primary N) is 1. The first-order valence-electron chi connectivity index (χ1n) is 9.55. The van der Waals surface area contributed by atoms with E-state index in [1.54, 1.807) is 6.07 Å². The molecule has 4 aromatic rings. The Morgan fingerprint density at radius 1 is 0.967 bits per heavy atom. The highest BCUT2D eigenvalue weighted by atomic mass is 35.5. The SMILES string of the molecule is Cc1ccc(-c2nc3ccccc3c(C(=O)O)c2C)cc1.NCc1ccc(Cl)cc1. The second-order valence-electron chi connectivity index (χ2n) is 6.98. The Kier molecular flexibility index (Phi) is 6.83. The molecule has 0 saturated heterocycles. The molecule has 0 aliphatic carbocycles. The van der Waals surface area contributed by atoms with E-state index in [1.165, 1.54) is 0 Å². The topological polar surface area (TPSA) is 76.2 Å². The molecule has 0 saturated carbocycles. The zero-order valence-corrected chi connectivity index (χ0v) is 17.6. The highest BCUT2D eigenvalue weighted by Crippen LogP contribution is 2.29. The Morgan fingerprint density at radius 3 is 2.20 bits per heavy atom. The zero-order valence-electron chi connectivity index (χ0n) is 16.9. The number of hydrogen-bond donors (Lipinski definition) is 2. The second-order valence-corrected chi connectivity index (χ2v) is 7.42. The van der Waals surface area contributed by atoms with Crippen LogP contribution in [-0.2, 0) is 6.54 Å². The molecule has 1 aromatic heterocycles. The summed E-state index contributed by atoms with van der Waals surface area (Å²) < 4.78 is 0. The average molecular weight is 419 g/mol. The van der Waals surface area contributed by atoms with Gasteiger partial charge in [-0.25, -0.2) is 9.78 Å². The summed E-state index contributed by atoms with van der Waals surface area (Å²) in [6.07, 6.45) is 0. The number of carboxylic acid groups (broad SMARTS) is 1. The minimum atomic E-state index is -0.917. The van der Waals surface area contributed by atoms with Gasteiger partial charge in [-0.05, 0) is 43.2 Å². The second kappa shape index (κ2) is 9.53. The Morgan fingerprint density at radius 2 is 1.60 bits per heavy atom. The van der Waals surface area contributed by atoms with Crippen LogP contribution >= 0.6 is 11.6 Å². The fraction of sp³-hybridized carbons (Fsp3) is 0.120. The summed E-state index contributed by atoms with van der Waals surface area (Å²) >= 11 is 5.63. The number of halogens is 1. The summed E-state index contributed by atoms with van der Waals surface area (Å²) in [5.41, 5.74) is 11.0. The molecule has 0 aliphatic heterocycles. The van der Waals surface area contributed by atoms with Gasteiger partial charge in [0.15, 0.2) is 0 Å². The molecule has 0 spiro atoms. The Hall–Kier alpha value is -3.21. The van der Waals surface area contributed by atoms with Crippen molar-refractivity contribution in [3.05, 3.63) is 100 Å². The van der Waals surface area contributed by atoms with Gasteiger partial charge in [-0.1, -0.05) is 71.8 Å². The van der Waals surface area contributed by atoms with Crippen molar-refractivity contribution in [2.24, 2.45) is 5.73 Å². The van der Waals surface area contributed by atoms with Crippen LogP contribution in [0.4, 0.5) is 0 Å². The molecular formula is C25H23ClN2O2. The number of aryl methyl sites for hydroxylation is 1. The number of aromatic carboxylic acids is 1. The molecule has 0 fully saturated rings. The third kappa shape index (κ3) is 4.85. The number of para-hydroxylation sites is 1. The van der Waals surface area contributed by atoms with Crippen molar-refractivity contribution in [1.82, 2.24) is 4.98 Å². The number of pyridine rings is 1. The van der Waals surface area contributed by atoms with Crippen LogP contribution in [0.5, 0.6) is 0 Å². The van der Waals surface area contributed by atoms with Crippen molar-refractivity contribution >= 4 is 28.5 Å². The fourth-order valence-electron chi connectivity index (χ4n) is 3.20. The van der Waals surface area contributed by atoms with Crippen LogP contribution in [0.1, 0.15) is 27.0 Å². The highest BCUT2D eigenvalue weighted by Gasteiger charge is 2.17. The van der Waals surface area contributed by atoms with Gasteiger partial charge in [0, 0.05) is 22.5 Å². The first-order chi connectivity index (χ1) is 14.4. The van der Waals surface area contributed by atoms with Gasteiger partial charge in [0.25, 0.3) is 0 Å². The number of benzene rings is 3. The summed E-state index contributed by atoms with van der Waals surface area (Å²) in [6, 6.07) is 22.8. The summed E-state index contributed by atoms with van der Waals surface area (Å²) in [6.45, 7) is 4.42. The van der Waals surface area contributed by atoms with E-state index in [9.17, 15) is 9.90 Å². The van der Waals surface area contributed by atoms with Gasteiger partial charge in [0.1, 0.15) is 0 Å². The minimum absolute atomic E-state index is 0.330. The third-order valence-electron chi connectivity index (χ3n) is 4.82. The molecule has 4 rings (SSSR count). The third-order valence-corrected chi connectivity index (χ3v) is 5.08. The number of aromatic nitrogens is 1. The van der Waals surface area contributed by atoms with Crippen molar-refractivity contribution in [1.29, 1.82) is 0 Å². The Labute approximate surface area is 181 Å². The molecule has 1 heterocycles. The lowest BCUT2D eigenvalue weighted by Gasteiger charge is -2.12. The number of nitrogens with zero attached hydrogens (tertiary/aromatic N) is 1. The van der Waals surface area contributed by atoms with Gasteiger partial charge >= 0.3 is 5.97 Å². The van der Waals surface area contributed by atoms with Crippen molar-refractivity contribution < 1.29 is 9.90 Å². The lowest BCUT2D eigenvalue weighted by Crippen LogP contribution is -2.04. The maximum atomic E-state index is 11.6. The molecule has 3 N–H and O–H groups in total. The van der Waals surface area contributed by atoms with E-state index < -0.39 is 5.97 Å². The van der Waals surface area contributed by atoms with Crippen LogP contribution in [0.3, 0.4) is 0 Å². The molecule has 0 amide bonds. The van der Waals surface area contributed by atoms with Crippen LogP contribution < -0.4 is 5.73 Å². The van der Waals surface area contributed by atoms with Crippen molar-refractivity contribution in [3.63, 3.8) is 0 Å². The molecule has 152 valence electrons. The Bertz CT molecular complexity index is 1170. The van der Waals surface area contributed by atoms with Crippen LogP contribution in [0.15, 0.2) is 72.8 Å². The van der Waals surface area contributed by atoms with Crippen LogP contribution in [-0.4, -0.2) is 16.1 Å². The predicted octanol–water partition coefficient (Wildman–Crippen LogP) is 6.02. The molecule has 5 heteroatoms. The highest BCUT2D eigenvalue weighted by molar-refractivity contribution is 6.30. The van der Waals surface area contributed by atoms with Crippen molar-refractivity contribution in [2.75, 3.05) is 0 Å². The largest absolute Gasteiger partial charge is 0.478 e. The van der Waals surface area contributed by atoms with Gasteiger partial charge in [0.2, 0.25) is 0 Å². The summed E-state index contributed by atoms with van der Waals surface area (Å²) in [5, 5.41) is 11.0. The lowest BCUT2D eigenvalue weighted by atomic mass is 9.97. The van der Waals surface area contributed by atoms with Gasteiger partial charge < -0.3 is 10.8 Å². The minimum Gasteiger partial charge on any atom is -0.478 e. The van der Waals surface area contributed by atoms with E-state index in [0.717, 1.165) is 27.4 Å². The number of rotatable bonds is 3. The smallest absolute Gasteiger partial charge is 0.336 e. The Balaban J connectivity index is 0.000000239. The predicted molar refractivity (Wildman–Crippen MR) is 123 cm³/mol. The average Bonchev–Trinajstić information content (AvgIpc) is 2.75. The van der Waals surface area contributed by atoms with Gasteiger partial charge in [-0.2, -0.15) is 0 Å². The van der Waals surface area contributed by atoms with Crippen molar-refractivity contribution in [2.45, 2.75) is 20.4 Å². The van der Waals surface area contributed by atoms with E-state index in [2.05, 4.69) is 4.98 Å². The number of fused-ring (bicyclic) bond motifs is 1.